The van der Waals surface area contributed by atoms with Gasteiger partial charge in [-0.1, -0.05) is 11.8 Å². The number of rotatable bonds is 0. The minimum absolute atomic E-state index is 0.365. The third-order valence-electron chi connectivity index (χ3n) is 1.42. The topological polar surface area (TPSA) is 24.7 Å². The summed E-state index contributed by atoms with van der Waals surface area (Å²) in [7, 11) is 0. The molecular formula is C5H5BrN2S. The van der Waals surface area contributed by atoms with E-state index in [-0.39, 0.29) is 0 Å². The fourth-order valence-corrected chi connectivity index (χ4v) is 2.79. The first-order valence-electron chi connectivity index (χ1n) is 2.76. The van der Waals surface area contributed by atoms with Gasteiger partial charge in [0.2, 0.25) is 0 Å². The molecule has 0 aliphatic carbocycles. The van der Waals surface area contributed by atoms with Crippen LogP contribution in [0, 0.1) is 0 Å². The van der Waals surface area contributed by atoms with E-state index in [0.29, 0.717) is 11.3 Å². The van der Waals surface area contributed by atoms with E-state index < -0.39 is 0 Å². The summed E-state index contributed by atoms with van der Waals surface area (Å²) in [4.78, 5) is 8.43. The summed E-state index contributed by atoms with van der Waals surface area (Å²) >= 11 is 5.12. The lowest BCUT2D eigenvalue weighted by atomic mass is 10.3. The first-order chi connectivity index (χ1) is 4.36. The molecule has 0 saturated heterocycles. The number of aliphatic imine (C=N–C) groups is 2. The van der Waals surface area contributed by atoms with Crippen molar-refractivity contribution in [1.82, 2.24) is 0 Å². The molecule has 0 amide bonds. The highest BCUT2D eigenvalue weighted by Crippen LogP contribution is 2.31. The van der Waals surface area contributed by atoms with Gasteiger partial charge in [0.25, 0.3) is 0 Å². The number of hydrogen-bond acceptors (Lipinski definition) is 3. The molecule has 2 heterocycles. The van der Waals surface area contributed by atoms with Crippen molar-refractivity contribution in [2.24, 2.45) is 9.98 Å². The Labute approximate surface area is 66.0 Å². The average molecular weight is 205 g/mol. The van der Waals surface area contributed by atoms with Crippen LogP contribution in [-0.4, -0.2) is 28.0 Å². The maximum Gasteiger partial charge on any atom is 0.135 e. The molecule has 2 aliphatic rings. The normalized spacial score (nSPS) is 39.0. The van der Waals surface area contributed by atoms with E-state index in [1.807, 2.05) is 6.21 Å². The SMILES string of the molecule is BrC1=NC2C=NCC2S1. The molecule has 0 N–H and O–H groups in total. The number of fused-ring (bicyclic) bond motifs is 1. The van der Waals surface area contributed by atoms with Crippen molar-refractivity contribution in [3.63, 3.8) is 0 Å². The molecule has 0 saturated carbocycles. The fraction of sp³-hybridized carbons (Fsp3) is 0.600. The van der Waals surface area contributed by atoms with E-state index in [4.69, 9.17) is 0 Å². The van der Waals surface area contributed by atoms with E-state index in [0.717, 1.165) is 10.5 Å². The summed E-state index contributed by atoms with van der Waals surface area (Å²) in [6, 6.07) is 0.365. The average Bonchev–Trinajstić information content (AvgIpc) is 2.22. The van der Waals surface area contributed by atoms with Crippen LogP contribution in [0.4, 0.5) is 0 Å². The minimum atomic E-state index is 0.365. The summed E-state index contributed by atoms with van der Waals surface area (Å²) in [6.07, 6.45) is 1.94. The van der Waals surface area contributed by atoms with Crippen LogP contribution in [-0.2, 0) is 0 Å². The zero-order chi connectivity index (χ0) is 6.27. The molecule has 9 heavy (non-hydrogen) atoms. The van der Waals surface area contributed by atoms with Crippen LogP contribution in [0.15, 0.2) is 9.98 Å². The Kier molecular flexibility index (Phi) is 1.38. The maximum absolute atomic E-state index is 4.30. The molecule has 0 radical (unpaired) electrons. The van der Waals surface area contributed by atoms with Crippen molar-refractivity contribution in [2.45, 2.75) is 11.3 Å². The van der Waals surface area contributed by atoms with Gasteiger partial charge in [0.15, 0.2) is 0 Å². The highest BCUT2D eigenvalue weighted by molar-refractivity contribution is 9.22. The van der Waals surface area contributed by atoms with Crippen LogP contribution < -0.4 is 0 Å². The predicted molar refractivity (Wildman–Crippen MR) is 44.9 cm³/mol. The van der Waals surface area contributed by atoms with Crippen molar-refractivity contribution in [3.8, 4) is 0 Å². The van der Waals surface area contributed by atoms with Crippen LogP contribution in [0.5, 0.6) is 0 Å². The lowest BCUT2D eigenvalue weighted by Crippen LogP contribution is -2.13. The van der Waals surface area contributed by atoms with E-state index >= 15 is 0 Å². The first kappa shape index (κ1) is 5.92. The number of thioether (sulfide) groups is 1. The summed E-state index contributed by atoms with van der Waals surface area (Å²) in [5.41, 5.74) is 0. The molecule has 0 bridgehead atoms. The third-order valence-corrected chi connectivity index (χ3v) is 3.22. The largest absolute Gasteiger partial charge is 0.294 e. The molecular weight excluding hydrogens is 200 g/mol. The second-order valence-electron chi connectivity index (χ2n) is 2.04. The third kappa shape index (κ3) is 0.942. The van der Waals surface area contributed by atoms with Crippen molar-refractivity contribution >= 4 is 37.9 Å². The van der Waals surface area contributed by atoms with E-state index in [2.05, 4.69) is 25.9 Å². The smallest absolute Gasteiger partial charge is 0.135 e. The quantitative estimate of drug-likeness (QED) is 0.585. The van der Waals surface area contributed by atoms with E-state index in [9.17, 15) is 0 Å². The van der Waals surface area contributed by atoms with Crippen molar-refractivity contribution < 1.29 is 0 Å². The number of hydrogen-bond donors (Lipinski definition) is 0. The molecule has 4 heteroatoms. The Morgan fingerprint density at radius 3 is 3.44 bits per heavy atom. The van der Waals surface area contributed by atoms with Gasteiger partial charge in [-0.15, -0.1) is 0 Å². The molecule has 0 aromatic carbocycles. The highest BCUT2D eigenvalue weighted by atomic mass is 79.9. The van der Waals surface area contributed by atoms with Crippen molar-refractivity contribution in [3.05, 3.63) is 0 Å². The van der Waals surface area contributed by atoms with Gasteiger partial charge in [-0.2, -0.15) is 0 Å². The van der Waals surface area contributed by atoms with Gasteiger partial charge in [0.05, 0.1) is 11.8 Å². The molecule has 0 aromatic heterocycles. The number of nitrogens with zero attached hydrogens (tertiary/aromatic N) is 2. The summed E-state index contributed by atoms with van der Waals surface area (Å²) in [5, 5.41) is 0.597. The van der Waals surface area contributed by atoms with Gasteiger partial charge in [-0.25, -0.2) is 0 Å². The lowest BCUT2D eigenvalue weighted by molar-refractivity contribution is 0.867. The summed E-state index contributed by atoms with van der Waals surface area (Å²) in [6.45, 7) is 0.938. The Balaban J connectivity index is 2.21. The lowest BCUT2D eigenvalue weighted by Gasteiger charge is -1.99. The van der Waals surface area contributed by atoms with Gasteiger partial charge in [0.1, 0.15) is 9.99 Å². The van der Waals surface area contributed by atoms with Gasteiger partial charge < -0.3 is 0 Å². The van der Waals surface area contributed by atoms with Crippen LogP contribution in [0.25, 0.3) is 0 Å². The molecule has 2 nitrogen and oxygen atoms in total. The monoisotopic (exact) mass is 204 g/mol. The van der Waals surface area contributed by atoms with Crippen LogP contribution in [0.1, 0.15) is 0 Å². The molecule has 2 atom stereocenters. The summed E-state index contributed by atoms with van der Waals surface area (Å²) < 4.78 is 1.03. The molecule has 2 rings (SSSR count). The van der Waals surface area contributed by atoms with Gasteiger partial charge in [0, 0.05) is 6.21 Å². The molecule has 0 aromatic rings. The highest BCUT2D eigenvalue weighted by Gasteiger charge is 2.30. The predicted octanol–water partition coefficient (Wildman–Crippen LogP) is 1.31. The van der Waals surface area contributed by atoms with Gasteiger partial charge in [-0.05, 0) is 15.9 Å². The van der Waals surface area contributed by atoms with E-state index in [1.165, 1.54) is 0 Å². The van der Waals surface area contributed by atoms with Crippen LogP contribution in [0.3, 0.4) is 0 Å². The zero-order valence-electron chi connectivity index (χ0n) is 4.62. The summed E-state index contributed by atoms with van der Waals surface area (Å²) in [5.74, 6) is 0. The molecule has 2 aliphatic heterocycles. The first-order valence-corrected chi connectivity index (χ1v) is 4.43. The van der Waals surface area contributed by atoms with Crippen LogP contribution >= 0.6 is 27.7 Å². The molecule has 0 spiro atoms. The standard InChI is InChI=1S/C5H5BrN2S/c6-5-8-3-1-7-2-4(3)9-5/h1,3-4H,2H2. The molecule has 48 valence electrons. The molecule has 0 fully saturated rings. The fourth-order valence-electron chi connectivity index (χ4n) is 0.973. The van der Waals surface area contributed by atoms with Crippen LogP contribution in [0.2, 0.25) is 0 Å². The minimum Gasteiger partial charge on any atom is -0.294 e. The Morgan fingerprint density at radius 2 is 2.67 bits per heavy atom. The van der Waals surface area contributed by atoms with Crippen molar-refractivity contribution in [1.29, 1.82) is 0 Å². The van der Waals surface area contributed by atoms with Crippen molar-refractivity contribution in [2.75, 3.05) is 6.54 Å². The Morgan fingerprint density at radius 1 is 1.78 bits per heavy atom. The number of halogens is 1. The second-order valence-corrected chi connectivity index (χ2v) is 4.55. The molecule has 2 unspecified atom stereocenters. The zero-order valence-corrected chi connectivity index (χ0v) is 7.02. The Hall–Kier alpha value is 0.170. The van der Waals surface area contributed by atoms with Gasteiger partial charge >= 0.3 is 0 Å². The van der Waals surface area contributed by atoms with Gasteiger partial charge in [-0.3, -0.25) is 9.98 Å². The Bertz CT molecular complexity index is 189. The maximum atomic E-state index is 4.30. The van der Waals surface area contributed by atoms with E-state index in [1.54, 1.807) is 11.8 Å². The second kappa shape index (κ2) is 2.09.